The molecule has 0 radical (unpaired) electrons. The molecule has 25 heavy (non-hydrogen) atoms. The maximum Gasteiger partial charge on any atom is 0.418 e. The summed E-state index contributed by atoms with van der Waals surface area (Å²) in [5.74, 6) is -0.165. The summed E-state index contributed by atoms with van der Waals surface area (Å²) in [5.41, 5.74) is -0.774. The molecule has 0 fully saturated rings. The van der Waals surface area contributed by atoms with Crippen molar-refractivity contribution >= 4 is 29.0 Å². The molecule has 0 atom stereocenters. The van der Waals surface area contributed by atoms with E-state index in [2.05, 4.69) is 15.6 Å². The van der Waals surface area contributed by atoms with Gasteiger partial charge in [0, 0.05) is 23.3 Å². The van der Waals surface area contributed by atoms with Gasteiger partial charge in [-0.25, -0.2) is 4.98 Å². The number of pyridine rings is 1. The second kappa shape index (κ2) is 8.20. The Hall–Kier alpha value is -2.28. The molecule has 2 N–H and O–H groups in total. The number of hydrogen-bond donors (Lipinski definition) is 2. The molecule has 0 aliphatic rings. The van der Waals surface area contributed by atoms with Gasteiger partial charge in [0.05, 0.1) is 11.3 Å². The van der Waals surface area contributed by atoms with E-state index in [1.807, 2.05) is 6.92 Å². The second-order valence-electron chi connectivity index (χ2n) is 5.35. The van der Waals surface area contributed by atoms with Crippen LogP contribution in [-0.2, 0) is 6.18 Å². The average molecular weight is 372 g/mol. The van der Waals surface area contributed by atoms with Crippen LogP contribution in [0.3, 0.4) is 0 Å². The zero-order valence-electron chi connectivity index (χ0n) is 13.5. The number of carbonyl (C=O) groups excluding carboxylic acids is 1. The first kappa shape index (κ1) is 19.1. The molecular formula is C17H17ClF3N3O. The maximum absolute atomic E-state index is 13.1. The highest BCUT2D eigenvalue weighted by atomic mass is 35.5. The van der Waals surface area contributed by atoms with Crippen molar-refractivity contribution in [3.63, 3.8) is 0 Å². The lowest BCUT2D eigenvalue weighted by Gasteiger charge is -2.15. The lowest BCUT2D eigenvalue weighted by molar-refractivity contribution is -0.136. The molecule has 1 aromatic carbocycles. The van der Waals surface area contributed by atoms with Gasteiger partial charge >= 0.3 is 6.18 Å². The predicted octanol–water partition coefficient (Wildman–Crippen LogP) is 5.03. The van der Waals surface area contributed by atoms with Crippen molar-refractivity contribution in [1.29, 1.82) is 0 Å². The first-order chi connectivity index (χ1) is 11.8. The van der Waals surface area contributed by atoms with E-state index in [1.165, 1.54) is 30.5 Å². The SMILES string of the molecule is CCCCNC(=O)c1ccnc(Nc2ccc(Cl)cc2C(F)(F)F)c1. The summed E-state index contributed by atoms with van der Waals surface area (Å²) in [6.07, 6.45) is -1.41. The van der Waals surface area contributed by atoms with Crippen LogP contribution >= 0.6 is 11.6 Å². The van der Waals surface area contributed by atoms with Crippen molar-refractivity contribution in [2.24, 2.45) is 0 Å². The van der Waals surface area contributed by atoms with E-state index >= 15 is 0 Å². The fourth-order valence-electron chi connectivity index (χ4n) is 2.12. The third-order valence-corrected chi connectivity index (χ3v) is 3.62. The van der Waals surface area contributed by atoms with Gasteiger partial charge in [-0.15, -0.1) is 0 Å². The lowest BCUT2D eigenvalue weighted by Crippen LogP contribution is -2.24. The summed E-state index contributed by atoms with van der Waals surface area (Å²) in [7, 11) is 0. The average Bonchev–Trinajstić information content (AvgIpc) is 2.56. The zero-order valence-corrected chi connectivity index (χ0v) is 14.2. The first-order valence-electron chi connectivity index (χ1n) is 7.69. The highest BCUT2D eigenvalue weighted by Crippen LogP contribution is 2.37. The number of carbonyl (C=O) groups is 1. The van der Waals surface area contributed by atoms with Gasteiger partial charge in [0.15, 0.2) is 0 Å². The molecule has 0 spiro atoms. The van der Waals surface area contributed by atoms with Crippen molar-refractivity contribution in [2.45, 2.75) is 25.9 Å². The molecule has 0 unspecified atom stereocenters. The van der Waals surface area contributed by atoms with Gasteiger partial charge in [-0.2, -0.15) is 13.2 Å². The fraction of sp³-hybridized carbons (Fsp3) is 0.294. The van der Waals surface area contributed by atoms with E-state index in [1.54, 1.807) is 0 Å². The molecule has 1 amide bonds. The fourth-order valence-corrected chi connectivity index (χ4v) is 2.29. The molecule has 0 bridgehead atoms. The molecule has 2 rings (SSSR count). The Morgan fingerprint density at radius 1 is 1.24 bits per heavy atom. The van der Waals surface area contributed by atoms with Crippen LogP contribution in [0.25, 0.3) is 0 Å². The number of nitrogens with zero attached hydrogens (tertiary/aromatic N) is 1. The Morgan fingerprint density at radius 3 is 2.68 bits per heavy atom. The molecule has 1 aromatic heterocycles. The molecule has 4 nitrogen and oxygen atoms in total. The van der Waals surface area contributed by atoms with Gasteiger partial charge in [-0.3, -0.25) is 4.79 Å². The van der Waals surface area contributed by atoms with E-state index in [0.29, 0.717) is 12.1 Å². The van der Waals surface area contributed by atoms with E-state index in [0.717, 1.165) is 18.9 Å². The first-order valence-corrected chi connectivity index (χ1v) is 8.07. The van der Waals surface area contributed by atoms with Crippen molar-refractivity contribution in [2.75, 3.05) is 11.9 Å². The van der Waals surface area contributed by atoms with Crippen molar-refractivity contribution in [3.05, 3.63) is 52.7 Å². The van der Waals surface area contributed by atoms with E-state index in [-0.39, 0.29) is 22.4 Å². The topological polar surface area (TPSA) is 54.0 Å². The number of unbranched alkanes of at least 4 members (excludes halogenated alkanes) is 1. The summed E-state index contributed by atoms with van der Waals surface area (Å²) in [4.78, 5) is 16.0. The number of amides is 1. The Labute approximate surface area is 148 Å². The number of anilines is 2. The minimum atomic E-state index is -4.57. The number of rotatable bonds is 6. The normalized spacial score (nSPS) is 11.2. The minimum absolute atomic E-state index is 0.0186. The molecule has 1 heterocycles. The molecule has 0 aliphatic heterocycles. The lowest BCUT2D eigenvalue weighted by atomic mass is 10.1. The van der Waals surface area contributed by atoms with Crippen LogP contribution in [0.1, 0.15) is 35.7 Å². The molecular weight excluding hydrogens is 355 g/mol. The molecule has 2 aromatic rings. The monoisotopic (exact) mass is 371 g/mol. The van der Waals surface area contributed by atoms with Gasteiger partial charge in [0.25, 0.3) is 5.91 Å². The number of halogens is 4. The quantitative estimate of drug-likeness (QED) is 0.700. The van der Waals surface area contributed by atoms with Crippen molar-refractivity contribution < 1.29 is 18.0 Å². The van der Waals surface area contributed by atoms with Gasteiger partial charge in [0.2, 0.25) is 0 Å². The highest BCUT2D eigenvalue weighted by molar-refractivity contribution is 6.30. The molecule has 0 saturated carbocycles. The summed E-state index contributed by atoms with van der Waals surface area (Å²) in [6, 6.07) is 6.31. The summed E-state index contributed by atoms with van der Waals surface area (Å²) >= 11 is 5.66. The summed E-state index contributed by atoms with van der Waals surface area (Å²) in [6.45, 7) is 2.54. The molecule has 0 saturated heterocycles. The van der Waals surface area contributed by atoms with Crippen LogP contribution in [0.15, 0.2) is 36.5 Å². The van der Waals surface area contributed by atoms with Crippen LogP contribution in [-0.4, -0.2) is 17.4 Å². The van der Waals surface area contributed by atoms with Crippen LogP contribution in [0, 0.1) is 0 Å². The largest absolute Gasteiger partial charge is 0.418 e. The van der Waals surface area contributed by atoms with Crippen LogP contribution in [0.2, 0.25) is 5.02 Å². The predicted molar refractivity (Wildman–Crippen MR) is 91.2 cm³/mol. The van der Waals surface area contributed by atoms with Gasteiger partial charge in [0.1, 0.15) is 5.82 Å². The third kappa shape index (κ3) is 5.35. The Kier molecular flexibility index (Phi) is 6.25. The minimum Gasteiger partial charge on any atom is -0.352 e. The van der Waals surface area contributed by atoms with Crippen LogP contribution in [0.4, 0.5) is 24.7 Å². The van der Waals surface area contributed by atoms with E-state index in [4.69, 9.17) is 11.6 Å². The van der Waals surface area contributed by atoms with E-state index < -0.39 is 11.7 Å². The zero-order chi connectivity index (χ0) is 18.4. The Bertz CT molecular complexity index is 750. The number of benzene rings is 1. The Balaban J connectivity index is 2.22. The number of aromatic nitrogens is 1. The summed E-state index contributed by atoms with van der Waals surface area (Å²) < 4.78 is 39.4. The number of alkyl halides is 3. The molecule has 134 valence electrons. The molecule has 8 heteroatoms. The summed E-state index contributed by atoms with van der Waals surface area (Å²) in [5, 5.41) is 5.32. The van der Waals surface area contributed by atoms with Crippen molar-refractivity contribution in [1.82, 2.24) is 10.3 Å². The van der Waals surface area contributed by atoms with Crippen LogP contribution in [0.5, 0.6) is 0 Å². The Morgan fingerprint density at radius 2 is 2.00 bits per heavy atom. The van der Waals surface area contributed by atoms with Gasteiger partial charge in [-0.05, 0) is 36.8 Å². The highest BCUT2D eigenvalue weighted by Gasteiger charge is 2.34. The smallest absolute Gasteiger partial charge is 0.352 e. The third-order valence-electron chi connectivity index (χ3n) is 3.39. The second-order valence-corrected chi connectivity index (χ2v) is 5.79. The van der Waals surface area contributed by atoms with Gasteiger partial charge < -0.3 is 10.6 Å². The van der Waals surface area contributed by atoms with Gasteiger partial charge in [-0.1, -0.05) is 24.9 Å². The number of hydrogen-bond acceptors (Lipinski definition) is 3. The number of nitrogens with one attached hydrogen (secondary N) is 2. The van der Waals surface area contributed by atoms with E-state index in [9.17, 15) is 18.0 Å². The van der Waals surface area contributed by atoms with Crippen LogP contribution < -0.4 is 10.6 Å². The maximum atomic E-state index is 13.1. The van der Waals surface area contributed by atoms with Crippen molar-refractivity contribution in [3.8, 4) is 0 Å². The molecule has 0 aliphatic carbocycles. The standard InChI is InChI=1S/C17H17ClF3N3O/c1-2-3-7-23-16(25)11-6-8-22-15(9-11)24-14-5-4-12(18)10-13(14)17(19,20)21/h4-6,8-10H,2-3,7H2,1H3,(H,22,24)(H,23,25).